The van der Waals surface area contributed by atoms with E-state index in [1.807, 2.05) is 12.1 Å². The summed E-state index contributed by atoms with van der Waals surface area (Å²) in [6, 6.07) is 4.21. The molecule has 2 rings (SSSR count). The van der Waals surface area contributed by atoms with Gasteiger partial charge in [-0.2, -0.15) is 0 Å². The average molecular weight is 299 g/mol. The number of hydrogen-bond acceptors (Lipinski definition) is 3. The molecule has 17 heavy (non-hydrogen) atoms. The zero-order valence-corrected chi connectivity index (χ0v) is 11.0. The van der Waals surface area contributed by atoms with E-state index in [4.69, 9.17) is 5.11 Å². The minimum absolute atomic E-state index is 0.161. The van der Waals surface area contributed by atoms with Gasteiger partial charge in [0, 0.05) is 16.7 Å². The zero-order valence-electron chi connectivity index (χ0n) is 9.40. The lowest BCUT2D eigenvalue weighted by Gasteiger charge is -2.27. The smallest absolute Gasteiger partial charge is 0.306 e. The molecule has 0 spiro atoms. The normalized spacial score (nSPS) is 24.3. The number of carboxylic acids is 1. The molecule has 4 nitrogen and oxygen atoms in total. The van der Waals surface area contributed by atoms with E-state index in [-0.39, 0.29) is 5.92 Å². The molecule has 0 unspecified atom stereocenters. The maximum Gasteiger partial charge on any atom is 0.306 e. The highest BCUT2D eigenvalue weighted by Crippen LogP contribution is 2.26. The Morgan fingerprint density at radius 3 is 2.59 bits per heavy atom. The number of halogens is 1. The molecule has 1 aromatic heterocycles. The molecule has 0 aliphatic heterocycles. The highest BCUT2D eigenvalue weighted by atomic mass is 79.9. The van der Waals surface area contributed by atoms with Gasteiger partial charge in [0.15, 0.2) is 0 Å². The molecule has 0 radical (unpaired) electrons. The summed E-state index contributed by atoms with van der Waals surface area (Å²) in [4.78, 5) is 15.1. The Morgan fingerprint density at radius 2 is 2.06 bits per heavy atom. The summed E-state index contributed by atoms with van der Waals surface area (Å²) in [5.41, 5.74) is 0. The molecule has 0 bridgehead atoms. The molecule has 1 aliphatic carbocycles. The topological polar surface area (TPSA) is 62.2 Å². The molecule has 1 aromatic rings. The third-order valence-electron chi connectivity index (χ3n) is 3.16. The molecule has 0 amide bonds. The lowest BCUT2D eigenvalue weighted by atomic mass is 9.86. The molecular weight excluding hydrogens is 284 g/mol. The van der Waals surface area contributed by atoms with Crippen molar-refractivity contribution in [3.8, 4) is 0 Å². The van der Waals surface area contributed by atoms with Crippen LogP contribution < -0.4 is 5.32 Å². The van der Waals surface area contributed by atoms with E-state index >= 15 is 0 Å². The van der Waals surface area contributed by atoms with Crippen molar-refractivity contribution in [1.29, 1.82) is 0 Å². The number of pyridine rings is 1. The van der Waals surface area contributed by atoms with Gasteiger partial charge in [-0.25, -0.2) is 4.98 Å². The van der Waals surface area contributed by atoms with Crippen molar-refractivity contribution in [3.63, 3.8) is 0 Å². The van der Waals surface area contributed by atoms with E-state index in [0.29, 0.717) is 6.04 Å². The Morgan fingerprint density at radius 1 is 1.35 bits per heavy atom. The van der Waals surface area contributed by atoms with Crippen molar-refractivity contribution in [3.05, 3.63) is 22.8 Å². The first-order chi connectivity index (χ1) is 8.15. The molecular formula is C12H15BrN2O2. The maximum atomic E-state index is 10.8. The predicted octanol–water partition coefficient (Wildman–Crippen LogP) is 2.90. The number of nitrogens with zero attached hydrogens (tertiary/aromatic N) is 1. The van der Waals surface area contributed by atoms with E-state index in [2.05, 4.69) is 26.2 Å². The Balaban J connectivity index is 1.85. The number of rotatable bonds is 3. The molecule has 2 N–H and O–H groups in total. The van der Waals surface area contributed by atoms with Gasteiger partial charge in [0.1, 0.15) is 5.82 Å². The SMILES string of the molecule is O=C(O)[C@H]1CC[C@H](Nc2ccc(Br)cn2)CC1. The third-order valence-corrected chi connectivity index (χ3v) is 3.62. The summed E-state index contributed by atoms with van der Waals surface area (Å²) in [6.07, 6.45) is 5.06. The summed E-state index contributed by atoms with van der Waals surface area (Å²) < 4.78 is 0.956. The average Bonchev–Trinajstić information content (AvgIpc) is 2.33. The minimum Gasteiger partial charge on any atom is -0.481 e. The second kappa shape index (κ2) is 5.49. The summed E-state index contributed by atoms with van der Waals surface area (Å²) in [7, 11) is 0. The quantitative estimate of drug-likeness (QED) is 0.901. The predicted molar refractivity (Wildman–Crippen MR) is 68.9 cm³/mol. The Bertz CT molecular complexity index is 386. The molecule has 92 valence electrons. The van der Waals surface area contributed by atoms with Gasteiger partial charge in [0.25, 0.3) is 0 Å². The van der Waals surface area contributed by atoms with Crippen molar-refractivity contribution < 1.29 is 9.90 Å². The summed E-state index contributed by atoms with van der Waals surface area (Å²) in [5.74, 6) is 0.0307. The fourth-order valence-electron chi connectivity index (χ4n) is 2.16. The zero-order chi connectivity index (χ0) is 12.3. The highest BCUT2D eigenvalue weighted by Gasteiger charge is 2.25. The molecule has 0 atom stereocenters. The molecule has 1 aliphatic rings. The van der Waals surface area contributed by atoms with Gasteiger partial charge in [-0.15, -0.1) is 0 Å². The van der Waals surface area contributed by atoms with Gasteiger partial charge in [0.05, 0.1) is 5.92 Å². The van der Waals surface area contributed by atoms with Crippen LogP contribution in [-0.2, 0) is 4.79 Å². The monoisotopic (exact) mass is 298 g/mol. The number of aliphatic carboxylic acids is 1. The lowest BCUT2D eigenvalue weighted by molar-refractivity contribution is -0.142. The van der Waals surface area contributed by atoms with Crippen LogP contribution in [0.3, 0.4) is 0 Å². The van der Waals surface area contributed by atoms with Crippen LogP contribution in [0.2, 0.25) is 0 Å². The molecule has 1 fully saturated rings. The molecule has 5 heteroatoms. The Labute approximate surface area is 109 Å². The van der Waals surface area contributed by atoms with Gasteiger partial charge >= 0.3 is 5.97 Å². The van der Waals surface area contributed by atoms with Crippen molar-refractivity contribution in [2.75, 3.05) is 5.32 Å². The third kappa shape index (κ3) is 3.43. The molecule has 0 saturated heterocycles. The number of hydrogen-bond donors (Lipinski definition) is 2. The van der Waals surface area contributed by atoms with Crippen molar-refractivity contribution in [2.24, 2.45) is 5.92 Å². The number of carboxylic acid groups (broad SMARTS) is 1. The standard InChI is InChI=1S/C12H15BrN2O2/c13-9-3-6-11(14-7-9)15-10-4-1-8(2-5-10)12(16)17/h3,6-8,10H,1-2,4-5H2,(H,14,15)(H,16,17)/t8-,10-. The van der Waals surface area contributed by atoms with Gasteiger partial charge < -0.3 is 10.4 Å². The van der Waals surface area contributed by atoms with E-state index in [1.54, 1.807) is 6.20 Å². The second-order valence-corrected chi connectivity index (χ2v) is 5.31. The largest absolute Gasteiger partial charge is 0.481 e. The van der Waals surface area contributed by atoms with Crippen LogP contribution in [0.25, 0.3) is 0 Å². The van der Waals surface area contributed by atoms with Crippen LogP contribution >= 0.6 is 15.9 Å². The Hall–Kier alpha value is -1.10. The van der Waals surface area contributed by atoms with Crippen LogP contribution in [0.4, 0.5) is 5.82 Å². The lowest BCUT2D eigenvalue weighted by Crippen LogP contribution is -2.29. The van der Waals surface area contributed by atoms with Crippen molar-refractivity contribution >= 4 is 27.7 Å². The van der Waals surface area contributed by atoms with Gasteiger partial charge in [0.2, 0.25) is 0 Å². The van der Waals surface area contributed by atoms with E-state index in [0.717, 1.165) is 36.0 Å². The van der Waals surface area contributed by atoms with Gasteiger partial charge in [-0.3, -0.25) is 4.79 Å². The fourth-order valence-corrected chi connectivity index (χ4v) is 2.39. The first-order valence-corrected chi connectivity index (χ1v) is 6.55. The maximum absolute atomic E-state index is 10.8. The van der Waals surface area contributed by atoms with Crippen LogP contribution in [0.1, 0.15) is 25.7 Å². The van der Waals surface area contributed by atoms with E-state index in [1.165, 1.54) is 0 Å². The van der Waals surface area contributed by atoms with E-state index in [9.17, 15) is 4.79 Å². The van der Waals surface area contributed by atoms with Crippen LogP contribution in [0.5, 0.6) is 0 Å². The molecule has 0 aromatic carbocycles. The number of anilines is 1. The first-order valence-electron chi connectivity index (χ1n) is 5.76. The van der Waals surface area contributed by atoms with Crippen molar-refractivity contribution in [1.82, 2.24) is 4.98 Å². The number of carbonyl (C=O) groups is 1. The van der Waals surface area contributed by atoms with Crippen LogP contribution in [-0.4, -0.2) is 22.1 Å². The summed E-state index contributed by atoms with van der Waals surface area (Å²) in [5, 5.41) is 12.2. The summed E-state index contributed by atoms with van der Waals surface area (Å²) >= 11 is 3.34. The van der Waals surface area contributed by atoms with E-state index < -0.39 is 5.97 Å². The van der Waals surface area contributed by atoms with Crippen LogP contribution in [0.15, 0.2) is 22.8 Å². The number of aromatic nitrogens is 1. The second-order valence-electron chi connectivity index (χ2n) is 4.39. The first kappa shape index (κ1) is 12.4. The number of nitrogens with one attached hydrogen (secondary N) is 1. The minimum atomic E-state index is -0.662. The van der Waals surface area contributed by atoms with Gasteiger partial charge in [-0.05, 0) is 53.7 Å². The molecule has 1 heterocycles. The van der Waals surface area contributed by atoms with Crippen molar-refractivity contribution in [2.45, 2.75) is 31.7 Å². The van der Waals surface area contributed by atoms with Crippen LogP contribution in [0, 0.1) is 5.92 Å². The van der Waals surface area contributed by atoms with Gasteiger partial charge in [-0.1, -0.05) is 0 Å². The fraction of sp³-hybridized carbons (Fsp3) is 0.500. The highest BCUT2D eigenvalue weighted by molar-refractivity contribution is 9.10. The summed E-state index contributed by atoms with van der Waals surface area (Å²) in [6.45, 7) is 0. The molecule has 1 saturated carbocycles. The Kier molecular flexibility index (Phi) is 3.99.